The van der Waals surface area contributed by atoms with Gasteiger partial charge in [-0.15, -0.1) is 0 Å². The first-order valence-electron chi connectivity index (χ1n) is 7.03. The fraction of sp³-hybridized carbons (Fsp3) is 0.929. The number of ether oxygens (including phenoxy) is 1. The van der Waals surface area contributed by atoms with E-state index in [9.17, 15) is 4.79 Å². The average Bonchev–Trinajstić information content (AvgIpc) is 2.65. The molecular weight excluding hydrogens is 228 g/mol. The second-order valence-corrected chi connectivity index (χ2v) is 6.91. The van der Waals surface area contributed by atoms with Gasteiger partial charge in [0.05, 0.1) is 24.3 Å². The molecule has 1 saturated carbocycles. The van der Waals surface area contributed by atoms with Gasteiger partial charge >= 0.3 is 6.03 Å². The van der Waals surface area contributed by atoms with Crippen molar-refractivity contribution in [2.75, 3.05) is 13.1 Å². The number of nitrogens with zero attached hydrogens (tertiary/aromatic N) is 1. The topological polar surface area (TPSA) is 41.6 Å². The summed E-state index contributed by atoms with van der Waals surface area (Å²) in [7, 11) is 0. The van der Waals surface area contributed by atoms with E-state index in [-0.39, 0.29) is 17.2 Å². The minimum absolute atomic E-state index is 0.0753. The Morgan fingerprint density at radius 1 is 1.11 bits per heavy atom. The maximum absolute atomic E-state index is 12.3. The summed E-state index contributed by atoms with van der Waals surface area (Å²) in [6.07, 6.45) is 4.74. The second kappa shape index (κ2) is 4.72. The molecule has 4 heteroatoms. The number of urea groups is 1. The van der Waals surface area contributed by atoms with Crippen molar-refractivity contribution in [1.82, 2.24) is 10.2 Å². The zero-order valence-electron chi connectivity index (χ0n) is 12.1. The van der Waals surface area contributed by atoms with Gasteiger partial charge in [-0.1, -0.05) is 12.8 Å². The Labute approximate surface area is 110 Å². The van der Waals surface area contributed by atoms with Crippen LogP contribution >= 0.6 is 0 Å². The molecule has 0 bridgehead atoms. The van der Waals surface area contributed by atoms with Gasteiger partial charge in [0, 0.05) is 6.04 Å². The Hall–Kier alpha value is -0.770. The van der Waals surface area contributed by atoms with E-state index < -0.39 is 0 Å². The van der Waals surface area contributed by atoms with Gasteiger partial charge in [0.2, 0.25) is 0 Å². The minimum Gasteiger partial charge on any atom is -0.366 e. The molecule has 0 spiro atoms. The molecule has 0 aromatic rings. The molecule has 4 nitrogen and oxygen atoms in total. The van der Waals surface area contributed by atoms with Gasteiger partial charge in [-0.3, -0.25) is 0 Å². The lowest BCUT2D eigenvalue weighted by atomic mass is 9.99. The van der Waals surface area contributed by atoms with E-state index >= 15 is 0 Å². The van der Waals surface area contributed by atoms with Crippen molar-refractivity contribution in [3.05, 3.63) is 0 Å². The zero-order valence-corrected chi connectivity index (χ0v) is 12.1. The monoisotopic (exact) mass is 254 g/mol. The lowest BCUT2D eigenvalue weighted by molar-refractivity contribution is -0.170. The predicted octanol–water partition coefficient (Wildman–Crippen LogP) is 2.53. The molecule has 0 aromatic carbocycles. The Morgan fingerprint density at radius 2 is 1.61 bits per heavy atom. The first-order chi connectivity index (χ1) is 8.27. The fourth-order valence-electron chi connectivity index (χ4n) is 3.27. The molecule has 1 aliphatic carbocycles. The van der Waals surface area contributed by atoms with E-state index in [4.69, 9.17) is 4.74 Å². The summed E-state index contributed by atoms with van der Waals surface area (Å²) >= 11 is 0. The Balaban J connectivity index is 1.96. The van der Waals surface area contributed by atoms with Crippen LogP contribution < -0.4 is 5.32 Å². The van der Waals surface area contributed by atoms with Crippen LogP contribution in [0.15, 0.2) is 0 Å². The molecule has 2 fully saturated rings. The number of hydrogen-bond acceptors (Lipinski definition) is 2. The van der Waals surface area contributed by atoms with Crippen LogP contribution in [-0.2, 0) is 4.74 Å². The SMILES string of the molecule is CC1(C)CN(C(=O)NC2CCCC2)CC(C)(C)O1. The number of hydrogen-bond donors (Lipinski definition) is 1. The molecule has 0 radical (unpaired) electrons. The smallest absolute Gasteiger partial charge is 0.317 e. The molecule has 2 amide bonds. The van der Waals surface area contributed by atoms with E-state index in [2.05, 4.69) is 5.32 Å². The van der Waals surface area contributed by atoms with Gasteiger partial charge < -0.3 is 15.0 Å². The molecule has 18 heavy (non-hydrogen) atoms. The van der Waals surface area contributed by atoms with Crippen LogP contribution in [0.4, 0.5) is 4.79 Å². The highest BCUT2D eigenvalue weighted by Crippen LogP contribution is 2.28. The molecule has 2 rings (SSSR count). The van der Waals surface area contributed by atoms with Gasteiger partial charge in [-0.2, -0.15) is 0 Å². The highest BCUT2D eigenvalue weighted by atomic mass is 16.5. The quantitative estimate of drug-likeness (QED) is 0.781. The van der Waals surface area contributed by atoms with Crippen LogP contribution in [-0.4, -0.2) is 41.3 Å². The molecule has 0 atom stereocenters. The van der Waals surface area contributed by atoms with Crippen molar-refractivity contribution in [2.45, 2.75) is 70.6 Å². The largest absolute Gasteiger partial charge is 0.366 e. The summed E-state index contributed by atoms with van der Waals surface area (Å²) in [5.74, 6) is 0. The van der Waals surface area contributed by atoms with Crippen molar-refractivity contribution >= 4 is 6.03 Å². The summed E-state index contributed by atoms with van der Waals surface area (Å²) in [4.78, 5) is 14.2. The van der Waals surface area contributed by atoms with E-state index in [1.807, 2.05) is 32.6 Å². The van der Waals surface area contributed by atoms with Crippen molar-refractivity contribution < 1.29 is 9.53 Å². The number of carbonyl (C=O) groups excluding carboxylic acids is 1. The van der Waals surface area contributed by atoms with Crippen molar-refractivity contribution in [1.29, 1.82) is 0 Å². The van der Waals surface area contributed by atoms with Gasteiger partial charge in [0.1, 0.15) is 0 Å². The lowest BCUT2D eigenvalue weighted by Gasteiger charge is -2.47. The third-order valence-electron chi connectivity index (χ3n) is 3.67. The van der Waals surface area contributed by atoms with Crippen LogP contribution in [0.2, 0.25) is 0 Å². The zero-order chi connectivity index (χ0) is 13.4. The normalized spacial score (nSPS) is 27.2. The fourth-order valence-corrected chi connectivity index (χ4v) is 3.27. The summed E-state index contributed by atoms with van der Waals surface area (Å²) < 4.78 is 5.99. The third kappa shape index (κ3) is 3.37. The minimum atomic E-state index is -0.269. The van der Waals surface area contributed by atoms with Crippen LogP contribution in [0, 0.1) is 0 Å². The van der Waals surface area contributed by atoms with E-state index in [0.717, 1.165) is 12.8 Å². The first-order valence-corrected chi connectivity index (χ1v) is 7.03. The maximum Gasteiger partial charge on any atom is 0.317 e. The lowest BCUT2D eigenvalue weighted by Crippen LogP contribution is -2.61. The highest BCUT2D eigenvalue weighted by molar-refractivity contribution is 5.75. The summed E-state index contributed by atoms with van der Waals surface area (Å²) in [5.41, 5.74) is -0.538. The molecule has 0 unspecified atom stereocenters. The van der Waals surface area contributed by atoms with Crippen molar-refractivity contribution in [3.63, 3.8) is 0 Å². The predicted molar refractivity (Wildman–Crippen MR) is 71.6 cm³/mol. The van der Waals surface area contributed by atoms with E-state index in [0.29, 0.717) is 19.1 Å². The van der Waals surface area contributed by atoms with Crippen LogP contribution in [0.1, 0.15) is 53.4 Å². The molecule has 1 aliphatic heterocycles. The molecular formula is C14H26N2O2. The van der Waals surface area contributed by atoms with Crippen molar-refractivity contribution in [2.24, 2.45) is 0 Å². The standard InChI is InChI=1S/C14H26N2O2/c1-13(2)9-16(10-14(3,4)18-13)12(17)15-11-7-5-6-8-11/h11H,5-10H2,1-4H3,(H,15,17). The van der Waals surface area contributed by atoms with Gasteiger partial charge in [0.25, 0.3) is 0 Å². The maximum atomic E-state index is 12.3. The molecule has 1 saturated heterocycles. The number of rotatable bonds is 1. The summed E-state index contributed by atoms with van der Waals surface area (Å²) in [5, 5.41) is 3.16. The van der Waals surface area contributed by atoms with Crippen LogP contribution in [0.25, 0.3) is 0 Å². The molecule has 104 valence electrons. The molecule has 0 aromatic heterocycles. The first kappa shape index (κ1) is 13.7. The average molecular weight is 254 g/mol. The highest BCUT2D eigenvalue weighted by Gasteiger charge is 2.40. The van der Waals surface area contributed by atoms with E-state index in [1.165, 1.54) is 12.8 Å². The Bertz CT molecular complexity index is 304. The van der Waals surface area contributed by atoms with Gasteiger partial charge in [0.15, 0.2) is 0 Å². The Morgan fingerprint density at radius 3 is 2.11 bits per heavy atom. The number of carbonyl (C=O) groups is 1. The second-order valence-electron chi connectivity index (χ2n) is 6.91. The van der Waals surface area contributed by atoms with Gasteiger partial charge in [-0.05, 0) is 40.5 Å². The summed E-state index contributed by atoms with van der Waals surface area (Å²) in [6.45, 7) is 9.50. The number of morpholine rings is 1. The Kier molecular flexibility index (Phi) is 3.58. The number of nitrogens with one attached hydrogen (secondary N) is 1. The van der Waals surface area contributed by atoms with Gasteiger partial charge in [-0.25, -0.2) is 4.79 Å². The van der Waals surface area contributed by atoms with Crippen molar-refractivity contribution in [3.8, 4) is 0 Å². The van der Waals surface area contributed by atoms with Crippen LogP contribution in [0.5, 0.6) is 0 Å². The summed E-state index contributed by atoms with van der Waals surface area (Å²) in [6, 6.07) is 0.456. The third-order valence-corrected chi connectivity index (χ3v) is 3.67. The van der Waals surface area contributed by atoms with Crippen LogP contribution in [0.3, 0.4) is 0 Å². The molecule has 1 heterocycles. The number of amides is 2. The molecule has 2 aliphatic rings. The van der Waals surface area contributed by atoms with E-state index in [1.54, 1.807) is 0 Å². The molecule has 1 N–H and O–H groups in total.